The average Bonchev–Trinajstić information content (AvgIpc) is 0.842. The van der Waals surface area contributed by atoms with Gasteiger partial charge in [-0.05, 0) is 66.7 Å². The molecule has 0 aliphatic carbocycles. The number of hydrogen-bond donors (Lipinski definition) is 6. The van der Waals surface area contributed by atoms with Crippen molar-refractivity contribution in [1.82, 2.24) is 0 Å². The smallest absolute Gasteiger partial charge is 0.747 e. The van der Waals surface area contributed by atoms with Crippen LogP contribution in [0.3, 0.4) is 0 Å². The molecule has 0 heterocycles. The number of carbonyl (C=O) groups is 5. The summed E-state index contributed by atoms with van der Waals surface area (Å²) < 4.78 is 153. The van der Waals surface area contributed by atoms with Gasteiger partial charge in [-0.2, -0.15) is 8.42 Å². The van der Waals surface area contributed by atoms with E-state index < -0.39 is 136 Å². The molecule has 0 aliphatic heterocycles. The molecule has 0 rings (SSSR count). The van der Waals surface area contributed by atoms with Crippen LogP contribution in [0.2, 0.25) is 0 Å². The zero-order valence-corrected chi connectivity index (χ0v) is 82.5. The Bertz CT molecular complexity index is 2420. The van der Waals surface area contributed by atoms with Crippen LogP contribution < -0.4 is 118 Å². The maximum atomic E-state index is 11.9. The molecular weight excluding hydrogens is 1550 g/mol. The van der Waals surface area contributed by atoms with E-state index in [4.69, 9.17) is 30.1 Å². The molecule has 0 bridgehead atoms. The van der Waals surface area contributed by atoms with Gasteiger partial charge in [0.2, 0.25) is 0 Å². The number of ketones is 5. The predicted octanol–water partition coefficient (Wildman–Crippen LogP) is 2.22. The van der Waals surface area contributed by atoms with Gasteiger partial charge in [0.05, 0.1) is 33.0 Å². The van der Waals surface area contributed by atoms with E-state index in [2.05, 4.69) is 34.6 Å². The minimum atomic E-state index is -4.82. The van der Waals surface area contributed by atoms with E-state index in [1.807, 2.05) is 0 Å². The second-order valence-electron chi connectivity index (χ2n) is 29.2. The fourth-order valence-corrected chi connectivity index (χ4v) is 13.6. The van der Waals surface area contributed by atoms with Gasteiger partial charge in [0.15, 0.2) is 33.7 Å². The number of hydrogen-bond acceptors (Lipinski definition) is 24. The van der Waals surface area contributed by atoms with Crippen LogP contribution in [0.5, 0.6) is 0 Å². The molecule has 0 aromatic heterocycles. The van der Waals surface area contributed by atoms with Gasteiger partial charge in [-0.1, -0.05) is 291 Å². The minimum Gasteiger partial charge on any atom is -0.747 e. The van der Waals surface area contributed by atoms with Gasteiger partial charge in [-0.15, -0.1) is 0 Å². The maximum absolute atomic E-state index is 11.9. The van der Waals surface area contributed by atoms with Crippen molar-refractivity contribution in [1.29, 1.82) is 0 Å². The third-order valence-corrected chi connectivity index (χ3v) is 27.1. The summed E-state index contributed by atoms with van der Waals surface area (Å²) in [5.41, 5.74) is 0. The number of Topliss-reactive ketones (excluding diaryl/α,β-unsaturated/α-hetero) is 5. The van der Waals surface area contributed by atoms with Gasteiger partial charge in [0.1, 0.15) is 59.5 Å². The standard InChI is InChI=1S/5C15H30O5S.4Na/c5*1-3-4-5-6-7-8-9-10-11-12-14(17)15(2,13-16)21(18,19)20;;;;/h5*16H,3-13H2,1-2H3,(H,18,19,20);;;;/q;;;;;4*+1/p-4. The van der Waals surface area contributed by atoms with Crippen LogP contribution in [0.1, 0.15) is 390 Å². The normalized spacial score (nSPS) is 14.3. The van der Waals surface area contributed by atoms with Crippen molar-refractivity contribution in [2.75, 3.05) is 33.0 Å². The van der Waals surface area contributed by atoms with E-state index in [0.29, 0.717) is 32.1 Å². The van der Waals surface area contributed by atoms with Crippen LogP contribution in [0.15, 0.2) is 0 Å². The summed E-state index contributed by atoms with van der Waals surface area (Å²) >= 11 is 0. The summed E-state index contributed by atoms with van der Waals surface area (Å²) in [7, 11) is -23.9. The van der Waals surface area contributed by atoms with Gasteiger partial charge in [-0.3, -0.25) is 28.5 Å². The number of aliphatic hydroxyl groups excluding tert-OH is 5. The van der Waals surface area contributed by atoms with Gasteiger partial charge < -0.3 is 43.7 Å². The Morgan fingerprint density at radius 2 is 0.321 bits per heavy atom. The van der Waals surface area contributed by atoms with Crippen LogP contribution in [0.25, 0.3) is 0 Å². The molecule has 0 saturated heterocycles. The second kappa shape index (κ2) is 74.7. The first-order valence-electron chi connectivity index (χ1n) is 39.5. The fraction of sp³-hybridized carbons (Fsp3) is 0.933. The van der Waals surface area contributed by atoms with Crippen LogP contribution in [-0.4, -0.2) is 176 Å². The number of unbranched alkanes of at least 4 members (excludes halogenated alkanes) is 40. The summed E-state index contributed by atoms with van der Waals surface area (Å²) in [6.45, 7) is 11.3. The minimum absolute atomic E-state index is 0. The number of rotatable bonds is 65. The summed E-state index contributed by atoms with van der Waals surface area (Å²) in [4.78, 5) is 59.1. The van der Waals surface area contributed by atoms with Crippen molar-refractivity contribution in [2.45, 2.75) is 414 Å². The molecule has 0 aromatic rings. The van der Waals surface area contributed by atoms with Crippen molar-refractivity contribution in [2.24, 2.45) is 0 Å². The molecule has 0 fully saturated rings. The Morgan fingerprint density at radius 3 is 0.413 bits per heavy atom. The summed E-state index contributed by atoms with van der Waals surface area (Å²) in [6.07, 6.45) is 49.1. The molecule has 630 valence electrons. The number of carbonyl (C=O) groups excluding carboxylic acids is 5. The zero-order valence-electron chi connectivity index (χ0n) is 70.4. The van der Waals surface area contributed by atoms with Gasteiger partial charge >= 0.3 is 118 Å². The van der Waals surface area contributed by atoms with Crippen LogP contribution in [-0.2, 0) is 74.6 Å². The van der Waals surface area contributed by atoms with Crippen LogP contribution in [0.4, 0.5) is 0 Å². The molecule has 0 spiro atoms. The zero-order chi connectivity index (χ0) is 81.8. The van der Waals surface area contributed by atoms with Gasteiger partial charge in [0.25, 0.3) is 10.1 Å². The molecule has 34 heteroatoms. The Labute approximate surface area is 750 Å². The summed E-state index contributed by atoms with van der Waals surface area (Å²) in [5.74, 6) is -3.33. The molecule has 5 unspecified atom stereocenters. The van der Waals surface area contributed by atoms with Gasteiger partial charge in [0, 0.05) is 32.1 Å². The summed E-state index contributed by atoms with van der Waals surface area (Å²) in [6, 6.07) is 0. The van der Waals surface area contributed by atoms with Crippen molar-refractivity contribution < 1.29 is 233 Å². The van der Waals surface area contributed by atoms with Crippen molar-refractivity contribution in [3.8, 4) is 0 Å². The van der Waals surface area contributed by atoms with Gasteiger partial charge in [-0.25, -0.2) is 33.7 Å². The maximum Gasteiger partial charge on any atom is 1.00 e. The molecule has 25 nitrogen and oxygen atoms in total. The van der Waals surface area contributed by atoms with Crippen molar-refractivity contribution in [3.63, 3.8) is 0 Å². The predicted molar refractivity (Wildman–Crippen MR) is 412 cm³/mol. The van der Waals surface area contributed by atoms with E-state index >= 15 is 0 Å². The molecule has 0 aromatic carbocycles. The first-order chi connectivity index (χ1) is 49.0. The molecule has 109 heavy (non-hydrogen) atoms. The monoisotopic (exact) mass is 1700 g/mol. The Morgan fingerprint density at radius 1 is 0.220 bits per heavy atom. The average molecular weight is 1700 g/mol. The number of aliphatic hydroxyl groups is 5. The second-order valence-corrected chi connectivity index (χ2v) is 38.3. The van der Waals surface area contributed by atoms with Crippen LogP contribution >= 0.6 is 0 Å². The van der Waals surface area contributed by atoms with E-state index in [-0.39, 0.29) is 150 Å². The SMILES string of the molecule is CCCCCCCCCCCC(=O)C(C)(CO)S(=O)(=O)O.CCCCCCCCCCCC(=O)C(C)(CO)S(=O)(=O)[O-].CCCCCCCCCCCC(=O)C(C)(CO)S(=O)(=O)[O-].CCCCCCCCCCCC(=O)C(C)(CO)S(=O)(=O)[O-].CCCCCCCCCCCC(=O)C(C)(CO)S(=O)(=O)[O-].[Na+].[Na+].[Na+].[Na+]. The molecule has 0 radical (unpaired) electrons. The third kappa shape index (κ3) is 59.1. The van der Waals surface area contributed by atoms with Crippen LogP contribution in [0, 0.1) is 0 Å². The van der Waals surface area contributed by atoms with E-state index in [9.17, 15) is 84.3 Å². The first kappa shape index (κ1) is 129. The summed E-state index contributed by atoms with van der Waals surface area (Å²) in [5, 5.41) is 45.2. The molecule has 5 atom stereocenters. The molecule has 0 aliphatic rings. The molecule has 0 saturated carbocycles. The largest absolute Gasteiger partial charge is 1.00 e. The van der Waals surface area contributed by atoms with Crippen molar-refractivity contribution >= 4 is 79.5 Å². The topological polar surface area (TPSA) is 470 Å². The Balaban J connectivity index is -0.000000162. The van der Waals surface area contributed by atoms with Crippen molar-refractivity contribution in [3.05, 3.63) is 0 Å². The molecule has 0 amide bonds. The Hall–Kier alpha value is 1.70. The Kier molecular flexibility index (Phi) is 88.3. The van der Waals surface area contributed by atoms with E-state index in [0.717, 1.165) is 131 Å². The molecule has 6 N–H and O–H groups in total. The molecular formula is C75H146Na4O25S5. The fourth-order valence-electron chi connectivity index (χ4n) is 10.8. The van der Waals surface area contributed by atoms with E-state index in [1.165, 1.54) is 161 Å². The van der Waals surface area contributed by atoms with E-state index in [1.54, 1.807) is 0 Å². The third-order valence-electron chi connectivity index (χ3n) is 19.8. The quantitative estimate of drug-likeness (QED) is 0.0289. The first-order valence-corrected chi connectivity index (χ1v) is 46.5.